The van der Waals surface area contributed by atoms with E-state index in [9.17, 15) is 14.0 Å². The van der Waals surface area contributed by atoms with Crippen molar-refractivity contribution < 1.29 is 14.0 Å². The molecule has 1 aliphatic rings. The van der Waals surface area contributed by atoms with Gasteiger partial charge in [0.15, 0.2) is 0 Å². The molecule has 0 spiro atoms. The standard InChI is InChI=1S/C11H8BrFN2O2/c12-9(8(13)5-14)15-10(16)6-3-1-2-4-7(6)11(15)17/h1-5,9H,14H2/b8-5+. The summed E-state index contributed by atoms with van der Waals surface area (Å²) in [5, 5.41) is 0. The first-order valence-corrected chi connectivity index (χ1v) is 5.67. The van der Waals surface area contributed by atoms with Gasteiger partial charge in [0.05, 0.1) is 11.1 Å². The highest BCUT2D eigenvalue weighted by atomic mass is 79.9. The lowest BCUT2D eigenvalue weighted by atomic mass is 10.1. The van der Waals surface area contributed by atoms with Gasteiger partial charge >= 0.3 is 0 Å². The normalized spacial score (nSPS) is 17.3. The van der Waals surface area contributed by atoms with Crippen LogP contribution in [-0.4, -0.2) is 21.7 Å². The number of halogens is 2. The SMILES string of the molecule is N/C=C(/F)C(Br)N1C(=O)c2ccccc2C1=O. The summed E-state index contributed by atoms with van der Waals surface area (Å²) in [6, 6.07) is 6.34. The first-order valence-electron chi connectivity index (χ1n) is 4.76. The van der Waals surface area contributed by atoms with Gasteiger partial charge in [-0.1, -0.05) is 28.1 Å². The fraction of sp³-hybridized carbons (Fsp3) is 0.0909. The van der Waals surface area contributed by atoms with E-state index in [1.165, 1.54) is 12.1 Å². The van der Waals surface area contributed by atoms with Crippen molar-refractivity contribution in [1.82, 2.24) is 4.90 Å². The highest BCUT2D eigenvalue weighted by Gasteiger charge is 2.40. The third-order valence-corrected chi connectivity index (χ3v) is 3.29. The molecule has 2 amide bonds. The molecule has 2 rings (SSSR count). The van der Waals surface area contributed by atoms with Crippen LogP contribution in [0.4, 0.5) is 4.39 Å². The maximum Gasteiger partial charge on any atom is 0.262 e. The van der Waals surface area contributed by atoms with Crippen LogP contribution in [0.1, 0.15) is 20.7 Å². The molecule has 1 aromatic rings. The van der Waals surface area contributed by atoms with Crippen LogP contribution in [0.25, 0.3) is 0 Å². The van der Waals surface area contributed by atoms with E-state index in [0.717, 1.165) is 4.90 Å². The van der Waals surface area contributed by atoms with Crippen LogP contribution in [0.2, 0.25) is 0 Å². The largest absolute Gasteiger partial charge is 0.402 e. The Kier molecular flexibility index (Phi) is 2.97. The van der Waals surface area contributed by atoms with Crippen molar-refractivity contribution in [3.05, 3.63) is 47.4 Å². The van der Waals surface area contributed by atoms with E-state index in [1.807, 2.05) is 0 Å². The predicted octanol–water partition coefficient (Wildman–Crippen LogP) is 1.77. The molecule has 1 heterocycles. The van der Waals surface area contributed by atoms with Gasteiger partial charge in [-0.3, -0.25) is 14.5 Å². The number of nitrogens with two attached hydrogens (primary N) is 1. The molecule has 0 saturated carbocycles. The molecule has 88 valence electrons. The van der Waals surface area contributed by atoms with E-state index in [0.29, 0.717) is 6.20 Å². The summed E-state index contributed by atoms with van der Waals surface area (Å²) in [6.07, 6.45) is 0.711. The number of nitrogens with zero attached hydrogens (tertiary/aromatic N) is 1. The lowest BCUT2D eigenvalue weighted by Gasteiger charge is -2.18. The summed E-state index contributed by atoms with van der Waals surface area (Å²) in [5.74, 6) is -1.87. The van der Waals surface area contributed by atoms with Crippen LogP contribution in [-0.2, 0) is 0 Å². The van der Waals surface area contributed by atoms with Crippen molar-refractivity contribution >= 4 is 27.7 Å². The van der Waals surface area contributed by atoms with Gasteiger partial charge in [-0.25, -0.2) is 4.39 Å². The predicted molar refractivity (Wildman–Crippen MR) is 63.0 cm³/mol. The number of benzene rings is 1. The molecule has 0 bridgehead atoms. The molecule has 1 atom stereocenters. The van der Waals surface area contributed by atoms with Crippen molar-refractivity contribution in [2.24, 2.45) is 5.73 Å². The first-order chi connectivity index (χ1) is 8.07. The number of amides is 2. The third kappa shape index (κ3) is 1.74. The summed E-state index contributed by atoms with van der Waals surface area (Å²) in [6.45, 7) is 0. The average molecular weight is 299 g/mol. The summed E-state index contributed by atoms with van der Waals surface area (Å²) >= 11 is 2.93. The molecule has 0 fully saturated rings. The molecule has 1 aliphatic heterocycles. The van der Waals surface area contributed by atoms with Crippen LogP contribution >= 0.6 is 15.9 Å². The Hall–Kier alpha value is -1.69. The highest BCUT2D eigenvalue weighted by Crippen LogP contribution is 2.29. The molecule has 0 aromatic heterocycles. The van der Waals surface area contributed by atoms with Crippen molar-refractivity contribution in [2.45, 2.75) is 4.95 Å². The molecule has 0 radical (unpaired) electrons. The van der Waals surface area contributed by atoms with E-state index >= 15 is 0 Å². The molecule has 1 unspecified atom stereocenters. The van der Waals surface area contributed by atoms with Crippen LogP contribution in [0.15, 0.2) is 36.3 Å². The van der Waals surface area contributed by atoms with Crippen molar-refractivity contribution in [2.75, 3.05) is 0 Å². The number of imide groups is 1. The zero-order chi connectivity index (χ0) is 12.6. The van der Waals surface area contributed by atoms with Gasteiger partial charge in [0.1, 0.15) is 10.8 Å². The Balaban J connectivity index is 2.43. The second-order valence-corrected chi connectivity index (χ2v) is 4.28. The minimum Gasteiger partial charge on any atom is -0.402 e. The van der Waals surface area contributed by atoms with Crippen molar-refractivity contribution in [1.29, 1.82) is 0 Å². The Labute approximate surface area is 105 Å². The van der Waals surface area contributed by atoms with E-state index in [4.69, 9.17) is 5.73 Å². The molecule has 17 heavy (non-hydrogen) atoms. The number of carbonyl (C=O) groups is 2. The van der Waals surface area contributed by atoms with Gasteiger partial charge in [-0.2, -0.15) is 0 Å². The molecule has 4 nitrogen and oxygen atoms in total. The van der Waals surface area contributed by atoms with Crippen LogP contribution in [0.5, 0.6) is 0 Å². The summed E-state index contributed by atoms with van der Waals surface area (Å²) < 4.78 is 13.3. The molecular weight excluding hydrogens is 291 g/mol. The number of hydrogen-bond acceptors (Lipinski definition) is 3. The van der Waals surface area contributed by atoms with Gasteiger partial charge in [-0.15, -0.1) is 0 Å². The van der Waals surface area contributed by atoms with Crippen LogP contribution < -0.4 is 5.73 Å². The first kappa shape index (κ1) is 11.8. The number of rotatable bonds is 2. The fourth-order valence-corrected chi connectivity index (χ4v) is 2.14. The summed E-state index contributed by atoms with van der Waals surface area (Å²) in [4.78, 5) is 23.4. The smallest absolute Gasteiger partial charge is 0.262 e. The second-order valence-electron chi connectivity index (χ2n) is 3.41. The Bertz CT molecular complexity index is 495. The molecule has 6 heteroatoms. The topological polar surface area (TPSA) is 63.4 Å². The summed E-state index contributed by atoms with van der Waals surface area (Å²) in [5.41, 5.74) is 5.56. The minimum atomic E-state index is -1.17. The molecule has 2 N–H and O–H groups in total. The fourth-order valence-electron chi connectivity index (χ4n) is 1.62. The molecule has 0 saturated heterocycles. The van der Waals surface area contributed by atoms with Crippen LogP contribution in [0.3, 0.4) is 0 Å². The number of fused-ring (bicyclic) bond motifs is 1. The lowest BCUT2D eigenvalue weighted by Crippen LogP contribution is -2.36. The lowest BCUT2D eigenvalue weighted by molar-refractivity contribution is 0.0646. The second kappa shape index (κ2) is 4.29. The zero-order valence-electron chi connectivity index (χ0n) is 8.56. The van der Waals surface area contributed by atoms with Gasteiger partial charge < -0.3 is 5.73 Å². The van der Waals surface area contributed by atoms with E-state index in [1.54, 1.807) is 12.1 Å². The highest BCUT2D eigenvalue weighted by molar-refractivity contribution is 9.09. The average Bonchev–Trinajstić information content (AvgIpc) is 2.61. The quantitative estimate of drug-likeness (QED) is 0.514. The van der Waals surface area contributed by atoms with Crippen LogP contribution in [0, 0.1) is 0 Å². The van der Waals surface area contributed by atoms with Crippen molar-refractivity contribution in [3.63, 3.8) is 0 Å². The Morgan fingerprint density at radius 1 is 1.29 bits per heavy atom. The van der Waals surface area contributed by atoms with E-state index in [-0.39, 0.29) is 11.1 Å². The molecule has 1 aromatic carbocycles. The molecule has 0 aliphatic carbocycles. The van der Waals surface area contributed by atoms with Gasteiger partial charge in [0.2, 0.25) is 0 Å². The van der Waals surface area contributed by atoms with Gasteiger partial charge in [0, 0.05) is 6.20 Å². The number of hydrogen-bond donors (Lipinski definition) is 1. The maximum atomic E-state index is 13.3. The van der Waals surface area contributed by atoms with Gasteiger partial charge in [0.25, 0.3) is 11.8 Å². The minimum absolute atomic E-state index is 0.270. The number of alkyl halides is 1. The zero-order valence-corrected chi connectivity index (χ0v) is 10.1. The Morgan fingerprint density at radius 2 is 1.76 bits per heavy atom. The Morgan fingerprint density at radius 3 is 2.18 bits per heavy atom. The van der Waals surface area contributed by atoms with E-state index < -0.39 is 22.6 Å². The van der Waals surface area contributed by atoms with E-state index in [2.05, 4.69) is 15.9 Å². The van der Waals surface area contributed by atoms with Crippen molar-refractivity contribution in [3.8, 4) is 0 Å². The summed E-state index contributed by atoms with van der Waals surface area (Å²) in [7, 11) is 0. The monoisotopic (exact) mass is 298 g/mol. The third-order valence-electron chi connectivity index (χ3n) is 2.44. The maximum absolute atomic E-state index is 13.3. The number of carbonyl (C=O) groups excluding carboxylic acids is 2. The molecular formula is C11H8BrFN2O2. The van der Waals surface area contributed by atoms with Gasteiger partial charge in [-0.05, 0) is 12.1 Å².